The van der Waals surface area contributed by atoms with Crippen molar-refractivity contribution in [3.63, 3.8) is 0 Å². The molecule has 0 aliphatic heterocycles. The molecule has 0 bridgehead atoms. The standard InChI is InChI=1S/C10H8N2S2.C5H5NS2.4C3H8O2.CH3ClO2S.2CH4N2S.CH4O3S.2H2S.4Y/c1-3-7-11-9(5-1)13-14-10-6-2-4-8-12-10;7-8-5-3-1-2-4-6-5;4*1-5-3-2-4;1-5(2,3)4;2*2-1(3)4;1-5(2,3)4;;;;;;/h1-8H;1-4,7H;4*4H,2-3H2,1H3;1H3;2*(H4,2,3,4);1H3,(H,2,3,4);2*1H2;;;;/p-4. The first-order valence-corrected chi connectivity index (χ1v) is 24.9. The Labute approximate surface area is 538 Å². The van der Waals surface area contributed by atoms with Crippen LogP contribution in [0.15, 0.2) is 88.3 Å². The number of nitrogens with two attached hydrogens (primary N) is 4. The molecule has 0 aromatic carbocycles. The van der Waals surface area contributed by atoms with Crippen LogP contribution < -0.4 is 22.6 Å². The number of aliphatic hydroxyl groups excluding tert-OH is 4. The number of thiocarbonyl (C=S) groups is 1. The van der Waals surface area contributed by atoms with Crippen LogP contribution in [0.3, 0.4) is 0 Å². The Morgan fingerprint density at radius 3 is 0.939 bits per heavy atom. The van der Waals surface area contributed by atoms with Crippen LogP contribution in [0, 0.1) is 0 Å². The molecular formula is C31H60ClN7O13S10Y4-4. The number of pyridine rings is 3. The number of thiol groups is 2. The average molecular weight is 1450 g/mol. The third-order valence-electron chi connectivity index (χ3n) is 3.39. The summed E-state index contributed by atoms with van der Waals surface area (Å²) in [6, 6.07) is 17.4. The molecule has 3 heterocycles. The average Bonchev–Trinajstić information content (AvgIpc) is 3.16. The van der Waals surface area contributed by atoms with E-state index in [-0.39, 0.29) is 195 Å². The van der Waals surface area contributed by atoms with Gasteiger partial charge in [-0.05, 0) is 70.2 Å². The molecule has 66 heavy (non-hydrogen) atoms. The summed E-state index contributed by atoms with van der Waals surface area (Å²) in [6.07, 6.45) is 6.85. The maximum atomic E-state index is 9.40. The summed E-state index contributed by atoms with van der Waals surface area (Å²) in [7, 11) is 8.07. The number of methoxy groups -OCH3 is 4. The number of hydrogen-bond acceptors (Lipinski definition) is 24. The third-order valence-corrected chi connectivity index (χ3v) is 6.50. The third kappa shape index (κ3) is 165. The van der Waals surface area contributed by atoms with Gasteiger partial charge in [-0.1, -0.05) is 18.2 Å². The molecule has 0 saturated heterocycles. The molecule has 12 N–H and O–H groups in total. The van der Waals surface area contributed by atoms with E-state index in [9.17, 15) is 8.42 Å². The molecule has 0 aliphatic rings. The van der Waals surface area contributed by atoms with E-state index < -0.39 is 19.2 Å². The topological polar surface area (TPSA) is 351 Å². The van der Waals surface area contributed by atoms with Crippen LogP contribution in [0.25, 0.3) is 0 Å². The van der Waals surface area contributed by atoms with Crippen molar-refractivity contribution in [3.8, 4) is 0 Å². The molecule has 0 aliphatic carbocycles. The van der Waals surface area contributed by atoms with Gasteiger partial charge in [-0.3, -0.25) is 15.8 Å². The Balaban J connectivity index is -0.0000000442. The molecule has 380 valence electrons. The van der Waals surface area contributed by atoms with E-state index in [0.29, 0.717) is 32.7 Å². The summed E-state index contributed by atoms with van der Waals surface area (Å²) >= 11 is 12.9. The van der Waals surface area contributed by atoms with Crippen molar-refractivity contribution in [2.45, 2.75) is 15.1 Å². The fraction of sp³-hybridized carbons (Fsp3) is 0.452. The molecule has 3 aromatic heterocycles. The van der Waals surface area contributed by atoms with Crippen molar-refractivity contribution in [1.29, 1.82) is 0 Å². The van der Waals surface area contributed by atoms with E-state index in [0.717, 1.165) is 21.3 Å². The predicted molar refractivity (Wildman–Crippen MR) is 267 cm³/mol. The van der Waals surface area contributed by atoms with Gasteiger partial charge in [-0.2, -0.15) is 0 Å². The van der Waals surface area contributed by atoms with Crippen molar-refractivity contribution in [2.75, 3.05) is 93.8 Å². The molecule has 0 fully saturated rings. The first-order valence-electron chi connectivity index (χ1n) is 15.7. The Morgan fingerprint density at radius 1 is 0.667 bits per heavy atom. The van der Waals surface area contributed by atoms with Gasteiger partial charge in [0.1, 0.15) is 15.2 Å². The maximum Gasteiger partial charge on any atom is 0.229 e. The van der Waals surface area contributed by atoms with E-state index in [1.165, 1.54) is 10.8 Å². The molecule has 0 unspecified atom stereocenters. The number of aliphatic hydroxyl groups is 4. The van der Waals surface area contributed by atoms with Crippen LogP contribution in [0.2, 0.25) is 0 Å². The fourth-order valence-electron chi connectivity index (χ4n) is 1.64. The number of aromatic nitrogens is 3. The van der Waals surface area contributed by atoms with Crippen molar-refractivity contribution in [1.82, 2.24) is 15.0 Å². The summed E-state index contributed by atoms with van der Waals surface area (Å²) in [5.74, 6) is 0. The van der Waals surface area contributed by atoms with Gasteiger partial charge in [-0.25, -0.2) is 26.8 Å². The molecule has 20 nitrogen and oxygen atoms in total. The Hall–Kier alpha value is 3.18. The molecule has 3 rings (SSSR count). The number of nitrogens with zero attached hydrogens (tertiary/aromatic N) is 3. The number of hydrogen-bond donors (Lipinski definition) is 8. The minimum absolute atomic E-state index is 0. The number of halogens is 1. The minimum atomic E-state index is -3.92. The largest absolute Gasteiger partial charge is 0.813 e. The predicted octanol–water partition coefficient (Wildman–Crippen LogP) is -0.996. The zero-order chi connectivity index (χ0) is 48.1. The number of ether oxygens (including phenoxy) is 4. The fourth-order valence-corrected chi connectivity index (χ4v) is 3.92. The molecular weight excluding hydrogens is 1390 g/mol. The van der Waals surface area contributed by atoms with Crippen LogP contribution in [0.5, 0.6) is 0 Å². The zero-order valence-electron chi connectivity index (χ0n) is 37.0. The Bertz CT molecular complexity index is 1400. The quantitative estimate of drug-likeness (QED) is 0.0158. The maximum absolute atomic E-state index is 9.40. The van der Waals surface area contributed by atoms with E-state index in [4.69, 9.17) is 33.4 Å². The smallest absolute Gasteiger partial charge is 0.229 e. The minimum Gasteiger partial charge on any atom is -0.813 e. The van der Waals surface area contributed by atoms with Gasteiger partial charge in [0.25, 0.3) is 0 Å². The molecule has 0 atom stereocenters. The van der Waals surface area contributed by atoms with Crippen molar-refractivity contribution in [2.24, 2.45) is 17.2 Å². The van der Waals surface area contributed by atoms with Gasteiger partial charge >= 0.3 is 0 Å². The Morgan fingerprint density at radius 2 is 0.848 bits per heavy atom. The van der Waals surface area contributed by atoms with Gasteiger partial charge in [0.05, 0.1) is 74.3 Å². The van der Waals surface area contributed by atoms with Crippen LogP contribution in [-0.4, -0.2) is 161 Å². The van der Waals surface area contributed by atoms with Gasteiger partial charge in [-0.15, -0.1) is 0 Å². The van der Waals surface area contributed by atoms with Crippen molar-refractivity contribution in [3.05, 3.63) is 73.2 Å². The second-order valence-electron chi connectivity index (χ2n) is 8.81. The SMILES string of the molecule is COCCO.COCCO.COCCO.COCCO.CS(=O)(=O)Cl.CS(=O)(=O)[O-].NC(=[NH2+])[S-].NC(N)=S.[S-]Sc1ccccn1.[SH-].[SH-].[Y].[Y].[Y].[Y].c1ccc(SSc2ccccn2)nc1. The van der Waals surface area contributed by atoms with E-state index in [1.54, 1.807) is 68.6 Å². The van der Waals surface area contributed by atoms with Crippen LogP contribution >= 0.6 is 55.3 Å². The van der Waals surface area contributed by atoms with Gasteiger partial charge in [0.2, 0.25) is 9.05 Å². The van der Waals surface area contributed by atoms with Crippen LogP contribution in [0.1, 0.15) is 0 Å². The molecule has 0 spiro atoms. The second kappa shape index (κ2) is 85.0. The van der Waals surface area contributed by atoms with E-state index >= 15 is 0 Å². The van der Waals surface area contributed by atoms with Crippen LogP contribution in [0.4, 0.5) is 0 Å². The molecule has 3 aromatic rings. The van der Waals surface area contributed by atoms with Gasteiger partial charge < -0.3 is 118 Å². The molecule has 4 radical (unpaired) electrons. The summed E-state index contributed by atoms with van der Waals surface area (Å²) in [5, 5.41) is 39.3. The summed E-state index contributed by atoms with van der Waals surface area (Å²) < 4.78 is 63.8. The zero-order valence-corrected chi connectivity index (χ0v) is 57.5. The van der Waals surface area contributed by atoms with Crippen molar-refractivity contribution < 1.29 is 197 Å². The summed E-state index contributed by atoms with van der Waals surface area (Å²) in [4.78, 5) is 12.4. The molecule has 0 amide bonds. The van der Waals surface area contributed by atoms with E-state index in [1.807, 2.05) is 54.6 Å². The van der Waals surface area contributed by atoms with Gasteiger partial charge in [0.15, 0.2) is 5.11 Å². The van der Waals surface area contributed by atoms with Crippen molar-refractivity contribution >= 4 is 136 Å². The summed E-state index contributed by atoms with van der Waals surface area (Å²) in [6.45, 7) is 2.26. The number of amidine groups is 1. The Kier molecular flexibility index (Phi) is 131. The van der Waals surface area contributed by atoms with Gasteiger partial charge in [0, 0.05) is 195 Å². The monoisotopic (exact) mass is 1450 g/mol. The normalized spacial score (nSPS) is 8.26. The van der Waals surface area contributed by atoms with Crippen LogP contribution in [-0.2, 0) is 220 Å². The first-order chi connectivity index (χ1) is 28.0. The molecule has 0 saturated carbocycles. The molecule has 35 heteroatoms. The first kappa shape index (κ1) is 102. The summed E-state index contributed by atoms with van der Waals surface area (Å²) in [5.41, 5.74) is 13.9. The number of rotatable bonds is 12. The second-order valence-corrected chi connectivity index (χ2v) is 17.5. The van der Waals surface area contributed by atoms with E-state index in [2.05, 4.69) is 104 Å².